The summed E-state index contributed by atoms with van der Waals surface area (Å²) in [6, 6.07) is 9.11. The monoisotopic (exact) mass is 502 g/mol. The largest absolute Gasteiger partial charge is 0.478 e. The fourth-order valence-electron chi connectivity index (χ4n) is 3.93. The van der Waals surface area contributed by atoms with Crippen molar-refractivity contribution in [2.45, 2.75) is 24.9 Å². The molecule has 3 N–H and O–H groups in total. The van der Waals surface area contributed by atoms with Crippen LogP contribution in [0.4, 0.5) is 0 Å². The van der Waals surface area contributed by atoms with Gasteiger partial charge >= 0.3 is 29.5 Å². The molecular weight excluding hydrogens is 480 g/mol. The summed E-state index contributed by atoms with van der Waals surface area (Å²) in [6.07, 6.45) is 1.88. The first-order chi connectivity index (χ1) is 16.8. The van der Waals surface area contributed by atoms with E-state index in [4.69, 9.17) is 14.2 Å². The van der Waals surface area contributed by atoms with E-state index in [1.54, 1.807) is 0 Å². The predicted octanol–water partition coefficient (Wildman–Crippen LogP) is 1.50. The number of hydrogen-bond donors (Lipinski definition) is 3. The lowest BCUT2D eigenvalue weighted by Crippen LogP contribution is -2.52. The van der Waals surface area contributed by atoms with E-state index in [-0.39, 0.29) is 31.7 Å². The van der Waals surface area contributed by atoms with Gasteiger partial charge in [0, 0.05) is 18.5 Å². The van der Waals surface area contributed by atoms with Gasteiger partial charge in [-0.15, -0.1) is 11.3 Å². The van der Waals surface area contributed by atoms with Crippen LogP contribution in [0.1, 0.15) is 32.6 Å². The Morgan fingerprint density at radius 2 is 1.83 bits per heavy atom. The van der Waals surface area contributed by atoms with Crippen LogP contribution in [0.5, 0.6) is 0 Å². The van der Waals surface area contributed by atoms with E-state index in [0.717, 1.165) is 21.8 Å². The van der Waals surface area contributed by atoms with Crippen LogP contribution in [0.25, 0.3) is 0 Å². The first-order valence-electron chi connectivity index (χ1n) is 10.6. The lowest BCUT2D eigenvalue weighted by Gasteiger charge is -2.33. The minimum atomic E-state index is -1.70. The van der Waals surface area contributed by atoms with E-state index in [1.165, 1.54) is 17.9 Å². The van der Waals surface area contributed by atoms with Gasteiger partial charge in [-0.2, -0.15) is 0 Å². The number of aromatic carboxylic acids is 1. The van der Waals surface area contributed by atoms with E-state index in [0.29, 0.717) is 16.9 Å². The minimum absolute atomic E-state index is 0.0974. The number of aliphatic carboxylic acids is 1. The molecule has 0 bridgehead atoms. The number of ether oxygens (including phenoxy) is 3. The van der Waals surface area contributed by atoms with Gasteiger partial charge in [-0.1, -0.05) is 30.3 Å². The zero-order chi connectivity index (χ0) is 25.0. The first-order valence-corrected chi connectivity index (χ1v) is 11.5. The van der Waals surface area contributed by atoms with Gasteiger partial charge in [0.1, 0.15) is 12.5 Å². The molecule has 0 fully saturated rings. The lowest BCUT2D eigenvalue weighted by atomic mass is 10.0. The molecule has 3 heterocycles. The summed E-state index contributed by atoms with van der Waals surface area (Å²) in [5.74, 6) is -6.29. The molecule has 1 aromatic heterocycles. The molecule has 1 atom stereocenters. The molecule has 11 nitrogen and oxygen atoms in total. The maximum absolute atomic E-state index is 13.0. The van der Waals surface area contributed by atoms with Crippen LogP contribution in [0, 0.1) is 0 Å². The number of amides is 2. The molecular formula is C23H22N2O9S. The number of carboxylic acid groups (broad SMARTS) is 2. The van der Waals surface area contributed by atoms with Gasteiger partial charge < -0.3 is 34.6 Å². The number of nitrogens with one attached hydrogen (secondary N) is 1. The summed E-state index contributed by atoms with van der Waals surface area (Å²) in [4.78, 5) is 49.9. The van der Waals surface area contributed by atoms with Gasteiger partial charge in [0.25, 0.3) is 0 Å². The Kier molecular flexibility index (Phi) is 7.03. The van der Waals surface area contributed by atoms with Gasteiger partial charge in [0.2, 0.25) is 0 Å². The maximum Gasteiger partial charge on any atom is 0.394 e. The van der Waals surface area contributed by atoms with Crippen LogP contribution < -0.4 is 5.32 Å². The third-order valence-corrected chi connectivity index (χ3v) is 6.63. The molecule has 4 rings (SSSR count). The highest BCUT2D eigenvalue weighted by Crippen LogP contribution is 2.37. The number of fused-ring (bicyclic) bond motifs is 1. The fourth-order valence-corrected chi connectivity index (χ4v) is 5.09. The number of carbonyl (C=O) groups excluding carboxylic acids is 2. The summed E-state index contributed by atoms with van der Waals surface area (Å²) >= 11 is 1.08. The van der Waals surface area contributed by atoms with Crippen LogP contribution in [0.15, 0.2) is 48.2 Å². The van der Waals surface area contributed by atoms with Crippen molar-refractivity contribution < 1.29 is 43.6 Å². The van der Waals surface area contributed by atoms with E-state index in [2.05, 4.69) is 5.32 Å². The first kappa shape index (κ1) is 24.2. The number of hydrogen-bond acceptors (Lipinski definition) is 8. The number of carbonyl (C=O) groups is 4. The molecule has 0 radical (unpaired) electrons. The molecule has 0 spiro atoms. The molecule has 1 aromatic carbocycles. The highest BCUT2D eigenvalue weighted by Gasteiger charge is 2.45. The van der Waals surface area contributed by atoms with Crippen molar-refractivity contribution >= 4 is 35.1 Å². The molecule has 35 heavy (non-hydrogen) atoms. The number of rotatable bonds is 8. The molecule has 0 saturated carbocycles. The Morgan fingerprint density at radius 1 is 1.11 bits per heavy atom. The fraction of sp³-hybridized carbons (Fsp3) is 0.304. The van der Waals surface area contributed by atoms with E-state index >= 15 is 0 Å². The van der Waals surface area contributed by atoms with Crippen molar-refractivity contribution in [3.05, 3.63) is 69.8 Å². The SMILES string of the molecule is O=C(O)C(=O)N(CCNC(=O)C1(Cc2ccccc2)OC=CO1)C1OCCc2c(C(=O)O)csc21. The number of benzene rings is 1. The number of thiophene rings is 1. The van der Waals surface area contributed by atoms with Crippen LogP contribution in [0.3, 0.4) is 0 Å². The average Bonchev–Trinajstić information content (AvgIpc) is 3.50. The highest BCUT2D eigenvalue weighted by molar-refractivity contribution is 7.10. The van der Waals surface area contributed by atoms with Crippen molar-refractivity contribution in [3.8, 4) is 0 Å². The Balaban J connectivity index is 1.48. The van der Waals surface area contributed by atoms with Crippen molar-refractivity contribution in [1.82, 2.24) is 10.2 Å². The molecule has 2 aliphatic heterocycles. The summed E-state index contributed by atoms with van der Waals surface area (Å²) in [5.41, 5.74) is 1.40. The molecule has 2 aromatic rings. The summed E-state index contributed by atoms with van der Waals surface area (Å²) in [7, 11) is 0. The molecule has 0 saturated heterocycles. The molecule has 1 unspecified atom stereocenters. The quantitative estimate of drug-likeness (QED) is 0.456. The van der Waals surface area contributed by atoms with E-state index in [9.17, 15) is 29.4 Å². The topological polar surface area (TPSA) is 152 Å². The van der Waals surface area contributed by atoms with Gasteiger partial charge in [0.05, 0.1) is 23.5 Å². The predicted molar refractivity (Wildman–Crippen MR) is 120 cm³/mol. The van der Waals surface area contributed by atoms with Crippen molar-refractivity contribution in [2.24, 2.45) is 0 Å². The van der Waals surface area contributed by atoms with Crippen molar-refractivity contribution in [3.63, 3.8) is 0 Å². The van der Waals surface area contributed by atoms with Crippen LogP contribution in [-0.2, 0) is 41.4 Å². The highest BCUT2D eigenvalue weighted by atomic mass is 32.1. The van der Waals surface area contributed by atoms with Crippen molar-refractivity contribution in [1.29, 1.82) is 0 Å². The van der Waals surface area contributed by atoms with Crippen LogP contribution >= 0.6 is 11.3 Å². The minimum Gasteiger partial charge on any atom is -0.478 e. The van der Waals surface area contributed by atoms with Gasteiger partial charge in [-0.25, -0.2) is 9.59 Å². The van der Waals surface area contributed by atoms with E-state index < -0.39 is 35.8 Å². The third kappa shape index (κ3) is 4.98. The van der Waals surface area contributed by atoms with Gasteiger partial charge in [0.15, 0.2) is 6.23 Å². The number of nitrogens with zero attached hydrogens (tertiary/aromatic N) is 1. The Morgan fingerprint density at radius 3 is 2.49 bits per heavy atom. The van der Waals surface area contributed by atoms with Crippen LogP contribution in [-0.4, -0.2) is 64.3 Å². The average molecular weight is 503 g/mol. The third-order valence-electron chi connectivity index (χ3n) is 5.57. The van der Waals surface area contributed by atoms with Crippen LogP contribution in [0.2, 0.25) is 0 Å². The molecule has 2 amide bonds. The normalized spacial score (nSPS) is 17.5. The van der Waals surface area contributed by atoms with Gasteiger partial charge in [-0.3, -0.25) is 9.59 Å². The summed E-state index contributed by atoms with van der Waals surface area (Å²) in [5, 5.41) is 22.8. The zero-order valence-corrected chi connectivity index (χ0v) is 19.2. The van der Waals surface area contributed by atoms with Crippen molar-refractivity contribution in [2.75, 3.05) is 19.7 Å². The zero-order valence-electron chi connectivity index (χ0n) is 18.3. The Bertz CT molecular complexity index is 1150. The molecule has 184 valence electrons. The van der Waals surface area contributed by atoms with E-state index in [1.807, 2.05) is 30.3 Å². The molecule has 0 aliphatic carbocycles. The number of carboxylic acids is 2. The standard InChI is InChI=1S/C23H22N2O9S/c26-18(21(29)30)25(19-17-15(6-9-32-19)16(13-35-17)20(27)28)8-7-24-22(31)23(33-10-11-34-23)12-14-4-2-1-3-5-14/h1-5,10-11,13,19H,6-9,12H2,(H,24,31)(H,27,28)(H,29,30). The second kappa shape index (κ2) is 10.2. The Labute approximate surface area is 203 Å². The van der Waals surface area contributed by atoms with Gasteiger partial charge in [-0.05, 0) is 17.5 Å². The summed E-state index contributed by atoms with van der Waals surface area (Å²) < 4.78 is 16.6. The Hall–Kier alpha value is -3.90. The second-order valence-electron chi connectivity index (χ2n) is 7.75. The molecule has 12 heteroatoms. The second-order valence-corrected chi connectivity index (χ2v) is 8.66. The summed E-state index contributed by atoms with van der Waals surface area (Å²) in [6.45, 7) is -0.235. The molecule has 2 aliphatic rings. The lowest BCUT2D eigenvalue weighted by molar-refractivity contribution is -0.176. The maximum atomic E-state index is 13.0. The smallest absolute Gasteiger partial charge is 0.394 e.